The quantitative estimate of drug-likeness (QED) is 0.717. The van der Waals surface area contributed by atoms with Crippen LogP contribution in [0.5, 0.6) is 0 Å². The maximum Gasteiger partial charge on any atom is 0.256 e. The number of nitriles is 1. The Balaban J connectivity index is 2.84. The first kappa shape index (κ1) is 12.2. The van der Waals surface area contributed by atoms with Crippen LogP contribution in [0.25, 0.3) is 0 Å². The molecule has 0 aliphatic carbocycles. The van der Waals surface area contributed by atoms with Crippen LogP contribution in [0.1, 0.15) is 11.7 Å². The SMILES string of the molecule is COC(C(=O)N(C)CC#N)c1ccccc1. The van der Waals surface area contributed by atoms with Crippen LogP contribution in [0.4, 0.5) is 0 Å². The summed E-state index contributed by atoms with van der Waals surface area (Å²) in [5.41, 5.74) is 0.791. The van der Waals surface area contributed by atoms with Gasteiger partial charge in [-0.05, 0) is 5.56 Å². The van der Waals surface area contributed by atoms with Gasteiger partial charge in [0, 0.05) is 14.2 Å². The zero-order chi connectivity index (χ0) is 12.0. The van der Waals surface area contributed by atoms with Crippen molar-refractivity contribution >= 4 is 5.91 Å². The molecule has 0 heterocycles. The smallest absolute Gasteiger partial charge is 0.256 e. The number of carbonyl (C=O) groups is 1. The normalized spacial score (nSPS) is 11.6. The fourth-order valence-corrected chi connectivity index (χ4v) is 1.39. The third-order valence-electron chi connectivity index (χ3n) is 2.25. The minimum atomic E-state index is -0.639. The van der Waals surface area contributed by atoms with Gasteiger partial charge in [-0.15, -0.1) is 0 Å². The van der Waals surface area contributed by atoms with Crippen molar-refractivity contribution in [2.24, 2.45) is 0 Å². The van der Waals surface area contributed by atoms with Crippen molar-refractivity contribution in [2.45, 2.75) is 6.10 Å². The topological polar surface area (TPSA) is 53.3 Å². The number of rotatable bonds is 4. The predicted octanol–water partition coefficient (Wildman–Crippen LogP) is 1.36. The van der Waals surface area contributed by atoms with Crippen molar-refractivity contribution in [3.63, 3.8) is 0 Å². The van der Waals surface area contributed by atoms with Gasteiger partial charge in [-0.1, -0.05) is 30.3 Å². The van der Waals surface area contributed by atoms with Crippen molar-refractivity contribution in [1.29, 1.82) is 5.26 Å². The van der Waals surface area contributed by atoms with E-state index in [2.05, 4.69) is 0 Å². The maximum atomic E-state index is 11.9. The summed E-state index contributed by atoms with van der Waals surface area (Å²) in [4.78, 5) is 13.3. The van der Waals surface area contributed by atoms with Crippen LogP contribution in [-0.2, 0) is 9.53 Å². The van der Waals surface area contributed by atoms with Gasteiger partial charge in [-0.3, -0.25) is 4.79 Å². The second-order valence-corrected chi connectivity index (χ2v) is 3.38. The molecule has 84 valence electrons. The van der Waals surface area contributed by atoms with Crippen molar-refractivity contribution in [3.05, 3.63) is 35.9 Å². The summed E-state index contributed by atoms with van der Waals surface area (Å²) in [6, 6.07) is 11.1. The predicted molar refractivity (Wildman–Crippen MR) is 59.4 cm³/mol. The first-order valence-corrected chi connectivity index (χ1v) is 4.90. The highest BCUT2D eigenvalue weighted by Gasteiger charge is 2.22. The summed E-state index contributed by atoms with van der Waals surface area (Å²) in [6.07, 6.45) is -0.639. The van der Waals surface area contributed by atoms with Gasteiger partial charge >= 0.3 is 0 Å². The van der Waals surface area contributed by atoms with E-state index in [1.807, 2.05) is 36.4 Å². The number of likely N-dealkylation sites (N-methyl/N-ethyl adjacent to an activating group) is 1. The summed E-state index contributed by atoms with van der Waals surface area (Å²) in [6.45, 7) is 0.0610. The van der Waals surface area contributed by atoms with Crippen molar-refractivity contribution in [3.8, 4) is 6.07 Å². The molecule has 1 aromatic carbocycles. The molecule has 1 aromatic rings. The molecule has 0 radical (unpaired) electrons. The van der Waals surface area contributed by atoms with Crippen LogP contribution in [-0.4, -0.2) is 31.5 Å². The van der Waals surface area contributed by atoms with E-state index < -0.39 is 6.10 Å². The molecule has 0 N–H and O–H groups in total. The molecule has 0 aliphatic rings. The van der Waals surface area contributed by atoms with E-state index >= 15 is 0 Å². The fourth-order valence-electron chi connectivity index (χ4n) is 1.39. The summed E-state index contributed by atoms with van der Waals surface area (Å²) in [5.74, 6) is -0.213. The minimum absolute atomic E-state index is 0.0610. The standard InChI is InChI=1S/C12H14N2O2/c1-14(9-8-13)12(15)11(16-2)10-6-4-3-5-7-10/h3-7,11H,9H2,1-2H3. The van der Waals surface area contributed by atoms with Crippen LogP contribution in [0.2, 0.25) is 0 Å². The number of benzene rings is 1. The van der Waals surface area contributed by atoms with Crippen molar-refractivity contribution < 1.29 is 9.53 Å². The molecule has 16 heavy (non-hydrogen) atoms. The summed E-state index contributed by atoms with van der Waals surface area (Å²) in [5, 5.41) is 8.53. The Hall–Kier alpha value is -1.86. The Labute approximate surface area is 95.0 Å². The molecule has 0 aromatic heterocycles. The lowest BCUT2D eigenvalue weighted by atomic mass is 10.1. The lowest BCUT2D eigenvalue weighted by Gasteiger charge is -2.20. The largest absolute Gasteiger partial charge is 0.367 e. The Morgan fingerprint density at radius 1 is 1.50 bits per heavy atom. The van der Waals surface area contributed by atoms with Gasteiger partial charge in [0.15, 0.2) is 6.10 Å². The molecule has 4 heteroatoms. The van der Waals surface area contributed by atoms with Gasteiger partial charge in [0.25, 0.3) is 5.91 Å². The molecule has 0 saturated heterocycles. The Kier molecular flexibility index (Phi) is 4.49. The van der Waals surface area contributed by atoms with Gasteiger partial charge < -0.3 is 9.64 Å². The summed E-state index contributed by atoms with van der Waals surface area (Å²) < 4.78 is 5.16. The van der Waals surface area contributed by atoms with E-state index in [1.165, 1.54) is 12.0 Å². The van der Waals surface area contributed by atoms with E-state index in [-0.39, 0.29) is 12.5 Å². The van der Waals surface area contributed by atoms with Crippen molar-refractivity contribution in [1.82, 2.24) is 4.90 Å². The zero-order valence-electron chi connectivity index (χ0n) is 9.38. The number of methoxy groups -OCH3 is 1. The zero-order valence-corrected chi connectivity index (χ0v) is 9.38. The van der Waals surface area contributed by atoms with Gasteiger partial charge in [0.05, 0.1) is 6.07 Å². The molecule has 0 spiro atoms. The third kappa shape index (κ3) is 2.81. The first-order valence-electron chi connectivity index (χ1n) is 4.90. The molecule has 0 saturated carbocycles. The van der Waals surface area contributed by atoms with Gasteiger partial charge in [0.2, 0.25) is 0 Å². The van der Waals surface area contributed by atoms with Gasteiger partial charge in [-0.25, -0.2) is 0 Å². The third-order valence-corrected chi connectivity index (χ3v) is 2.25. The molecule has 1 rings (SSSR count). The highest BCUT2D eigenvalue weighted by Crippen LogP contribution is 2.18. The fraction of sp³-hybridized carbons (Fsp3) is 0.333. The second-order valence-electron chi connectivity index (χ2n) is 3.38. The maximum absolute atomic E-state index is 11.9. The number of nitrogens with zero attached hydrogens (tertiary/aromatic N) is 2. The van der Waals surface area contributed by atoms with Gasteiger partial charge in [0.1, 0.15) is 6.54 Å². The van der Waals surface area contributed by atoms with Crippen LogP contribution in [0.3, 0.4) is 0 Å². The van der Waals surface area contributed by atoms with E-state index in [9.17, 15) is 4.79 Å². The molecule has 0 aliphatic heterocycles. The second kappa shape index (κ2) is 5.89. The van der Waals surface area contributed by atoms with Crippen LogP contribution in [0.15, 0.2) is 30.3 Å². The van der Waals surface area contributed by atoms with E-state index in [4.69, 9.17) is 10.00 Å². The average molecular weight is 218 g/mol. The molecule has 1 amide bonds. The first-order chi connectivity index (χ1) is 7.70. The van der Waals surface area contributed by atoms with Crippen LogP contribution >= 0.6 is 0 Å². The molecule has 1 unspecified atom stereocenters. The molecule has 4 nitrogen and oxygen atoms in total. The lowest BCUT2D eigenvalue weighted by Crippen LogP contribution is -2.32. The van der Waals surface area contributed by atoms with Crippen LogP contribution < -0.4 is 0 Å². The molecule has 0 fully saturated rings. The highest BCUT2D eigenvalue weighted by atomic mass is 16.5. The van der Waals surface area contributed by atoms with Crippen LogP contribution in [0, 0.1) is 11.3 Å². The average Bonchev–Trinajstić information content (AvgIpc) is 2.31. The van der Waals surface area contributed by atoms with Gasteiger partial charge in [-0.2, -0.15) is 5.26 Å². The summed E-state index contributed by atoms with van der Waals surface area (Å²) in [7, 11) is 3.07. The van der Waals surface area contributed by atoms with E-state index in [0.717, 1.165) is 5.56 Å². The number of carbonyl (C=O) groups excluding carboxylic acids is 1. The highest BCUT2D eigenvalue weighted by molar-refractivity contribution is 5.82. The lowest BCUT2D eigenvalue weighted by molar-refractivity contribution is -0.140. The van der Waals surface area contributed by atoms with Crippen molar-refractivity contribution in [2.75, 3.05) is 20.7 Å². The Morgan fingerprint density at radius 2 is 2.12 bits per heavy atom. The van der Waals surface area contributed by atoms with E-state index in [1.54, 1.807) is 7.05 Å². The molecule has 1 atom stereocenters. The number of hydrogen-bond acceptors (Lipinski definition) is 3. The van der Waals surface area contributed by atoms with E-state index in [0.29, 0.717) is 0 Å². The minimum Gasteiger partial charge on any atom is -0.367 e. The number of amides is 1. The number of hydrogen-bond donors (Lipinski definition) is 0. The molecule has 0 bridgehead atoms. The Bertz CT molecular complexity index is 384. The number of ether oxygens (including phenoxy) is 1. The monoisotopic (exact) mass is 218 g/mol. The molecular weight excluding hydrogens is 204 g/mol. The Morgan fingerprint density at radius 3 is 2.62 bits per heavy atom. The summed E-state index contributed by atoms with van der Waals surface area (Å²) >= 11 is 0. The molecular formula is C12H14N2O2.